The number of rotatable bonds is 4. The van der Waals surface area contributed by atoms with Gasteiger partial charge in [-0.05, 0) is 28.3 Å². The van der Waals surface area contributed by atoms with Crippen molar-refractivity contribution in [2.75, 3.05) is 6.61 Å². The van der Waals surface area contributed by atoms with E-state index < -0.39 is 8.32 Å². The van der Waals surface area contributed by atoms with Gasteiger partial charge in [0.1, 0.15) is 6.61 Å². The molecule has 160 valence electrons. The molecule has 0 unspecified atom stereocenters. The van der Waals surface area contributed by atoms with Gasteiger partial charge in [-0.25, -0.2) is 0 Å². The maximum absolute atomic E-state index is 11.8. The Balaban J connectivity index is 2.08. The normalized spacial score (nSPS) is 22.2. The number of carbonyl (C=O) groups excluding carboxylic acids is 1. The van der Waals surface area contributed by atoms with Gasteiger partial charge >= 0.3 is 5.97 Å². The fraction of sp³-hybridized carbons (Fsp3) is 0.400. The van der Waals surface area contributed by atoms with Crippen LogP contribution in [0.1, 0.15) is 40.0 Å². The lowest BCUT2D eigenvalue weighted by Gasteiger charge is -2.45. The minimum absolute atomic E-state index is 0.0485. The molecule has 30 heavy (non-hydrogen) atoms. The highest BCUT2D eigenvalue weighted by atomic mass is 79.9. The zero-order valence-corrected chi connectivity index (χ0v) is 20.6. The number of hydrogen-bond acceptors (Lipinski definition) is 3. The standard InChI is InChI=1S/C25H31BrO3Si/c1-25(2,3)30(22-13-6-4-7-14-22,23-15-8-5-9-16-23)29-21-12-10-11-17-24(27)28-19-20(26)18-21/h4-10,12-16,20-21H,11,17-19H2,1-3H3/b12-10+/t20-,21-/m1/s1. The zero-order valence-electron chi connectivity index (χ0n) is 18.0. The molecule has 2 aromatic carbocycles. The quantitative estimate of drug-likeness (QED) is 0.264. The Morgan fingerprint density at radius 3 is 2.10 bits per heavy atom. The molecule has 0 saturated heterocycles. The van der Waals surface area contributed by atoms with Crippen LogP contribution in [0, 0.1) is 0 Å². The van der Waals surface area contributed by atoms with E-state index in [0.717, 1.165) is 6.42 Å². The first kappa shape index (κ1) is 23.0. The molecule has 5 heteroatoms. The minimum atomic E-state index is -2.63. The summed E-state index contributed by atoms with van der Waals surface area (Å²) < 4.78 is 12.6. The fourth-order valence-electron chi connectivity index (χ4n) is 4.11. The van der Waals surface area contributed by atoms with Crippen LogP contribution in [0.2, 0.25) is 5.04 Å². The highest BCUT2D eigenvalue weighted by Crippen LogP contribution is 2.38. The molecule has 1 aliphatic heterocycles. The van der Waals surface area contributed by atoms with Crippen molar-refractivity contribution in [3.63, 3.8) is 0 Å². The summed E-state index contributed by atoms with van der Waals surface area (Å²) in [6, 6.07) is 21.4. The van der Waals surface area contributed by atoms with Crippen molar-refractivity contribution in [1.82, 2.24) is 0 Å². The van der Waals surface area contributed by atoms with Gasteiger partial charge in [0.2, 0.25) is 0 Å². The average Bonchev–Trinajstić information content (AvgIpc) is 2.73. The maximum atomic E-state index is 11.8. The molecule has 1 aliphatic rings. The van der Waals surface area contributed by atoms with E-state index in [1.165, 1.54) is 10.4 Å². The lowest BCUT2D eigenvalue weighted by molar-refractivity contribution is -0.143. The number of esters is 1. The molecule has 0 aromatic heterocycles. The molecule has 0 amide bonds. The third-order valence-electron chi connectivity index (χ3n) is 5.52. The summed E-state index contributed by atoms with van der Waals surface area (Å²) in [4.78, 5) is 11.8. The topological polar surface area (TPSA) is 35.5 Å². The first-order chi connectivity index (χ1) is 14.3. The van der Waals surface area contributed by atoms with Gasteiger partial charge in [0.15, 0.2) is 0 Å². The molecule has 1 heterocycles. The Kier molecular flexibility index (Phi) is 7.72. The van der Waals surface area contributed by atoms with Gasteiger partial charge in [0, 0.05) is 6.42 Å². The predicted octanol–water partition coefficient (Wildman–Crippen LogP) is 4.98. The number of allylic oxidation sites excluding steroid dienone is 1. The van der Waals surface area contributed by atoms with Crippen LogP contribution in [-0.4, -0.2) is 31.8 Å². The molecule has 0 bridgehead atoms. The summed E-state index contributed by atoms with van der Waals surface area (Å²) in [5.74, 6) is -0.143. The molecule has 0 fully saturated rings. The summed E-state index contributed by atoms with van der Waals surface area (Å²) in [6.45, 7) is 7.23. The van der Waals surface area contributed by atoms with E-state index in [9.17, 15) is 4.79 Å². The third kappa shape index (κ3) is 5.31. The molecule has 3 nitrogen and oxygen atoms in total. The van der Waals surface area contributed by atoms with E-state index in [1.807, 2.05) is 0 Å². The fourth-order valence-corrected chi connectivity index (χ4v) is 9.25. The summed E-state index contributed by atoms with van der Waals surface area (Å²) in [5.41, 5.74) is 0. The molecule has 0 aliphatic carbocycles. The lowest BCUT2D eigenvalue weighted by atomic mass is 10.1. The SMILES string of the molecule is CC(C)(C)[Si](O[C@@H]1/C=C/CCC(=O)OC[C@H](Br)C1)(c1ccccc1)c1ccccc1. The number of hydrogen-bond donors (Lipinski definition) is 0. The van der Waals surface area contributed by atoms with Gasteiger partial charge in [-0.2, -0.15) is 0 Å². The van der Waals surface area contributed by atoms with Gasteiger partial charge in [-0.1, -0.05) is 110 Å². The lowest BCUT2D eigenvalue weighted by Crippen LogP contribution is -2.67. The Bertz CT molecular complexity index is 806. The van der Waals surface area contributed by atoms with Crippen molar-refractivity contribution in [3.8, 4) is 0 Å². The highest BCUT2D eigenvalue weighted by molar-refractivity contribution is 9.09. The van der Waals surface area contributed by atoms with Gasteiger partial charge in [0.05, 0.1) is 10.9 Å². The molecule has 0 saturated carbocycles. The minimum Gasteiger partial charge on any atom is -0.464 e. The molecule has 2 atom stereocenters. The second-order valence-electron chi connectivity index (χ2n) is 8.80. The van der Waals surface area contributed by atoms with Crippen LogP contribution >= 0.6 is 15.9 Å². The predicted molar refractivity (Wildman–Crippen MR) is 129 cm³/mol. The van der Waals surface area contributed by atoms with E-state index >= 15 is 0 Å². The first-order valence-corrected chi connectivity index (χ1v) is 13.4. The Hall–Kier alpha value is -1.69. The van der Waals surface area contributed by atoms with Crippen LogP contribution in [0.15, 0.2) is 72.8 Å². The second kappa shape index (κ2) is 10.1. The van der Waals surface area contributed by atoms with Crippen LogP contribution in [0.4, 0.5) is 0 Å². The van der Waals surface area contributed by atoms with Crippen LogP contribution in [0.25, 0.3) is 0 Å². The molecule has 3 rings (SSSR count). The second-order valence-corrected chi connectivity index (χ2v) is 14.4. The van der Waals surface area contributed by atoms with Gasteiger partial charge < -0.3 is 9.16 Å². The third-order valence-corrected chi connectivity index (χ3v) is 11.2. The number of cyclic esters (lactones) is 1. The van der Waals surface area contributed by atoms with Crippen molar-refractivity contribution >= 4 is 40.6 Å². The van der Waals surface area contributed by atoms with Crippen molar-refractivity contribution < 1.29 is 14.0 Å². The van der Waals surface area contributed by atoms with Crippen LogP contribution in [0.3, 0.4) is 0 Å². The molecule has 0 radical (unpaired) electrons. The van der Waals surface area contributed by atoms with E-state index in [-0.39, 0.29) is 21.9 Å². The molecule has 0 N–H and O–H groups in total. The first-order valence-electron chi connectivity index (χ1n) is 10.6. The molecule has 0 spiro atoms. The smallest absolute Gasteiger partial charge is 0.306 e. The molecular weight excluding hydrogens is 456 g/mol. The average molecular weight is 488 g/mol. The van der Waals surface area contributed by atoms with E-state index in [4.69, 9.17) is 9.16 Å². The Morgan fingerprint density at radius 2 is 1.57 bits per heavy atom. The maximum Gasteiger partial charge on any atom is 0.306 e. The van der Waals surface area contributed by atoms with Crippen molar-refractivity contribution in [2.24, 2.45) is 0 Å². The van der Waals surface area contributed by atoms with Gasteiger partial charge in [0.25, 0.3) is 8.32 Å². The number of ether oxygens (including phenoxy) is 1. The zero-order chi connectivity index (χ0) is 21.6. The number of halogens is 1. The van der Waals surface area contributed by atoms with Crippen LogP contribution < -0.4 is 10.4 Å². The number of benzene rings is 2. The monoisotopic (exact) mass is 486 g/mol. The van der Waals surface area contributed by atoms with Crippen LogP contribution in [-0.2, 0) is 14.0 Å². The summed E-state index contributed by atoms with van der Waals surface area (Å²) in [7, 11) is -2.63. The van der Waals surface area contributed by atoms with Crippen LogP contribution in [0.5, 0.6) is 0 Å². The van der Waals surface area contributed by atoms with Crippen molar-refractivity contribution in [2.45, 2.75) is 56.0 Å². The van der Waals surface area contributed by atoms with E-state index in [2.05, 4.69) is 110 Å². The highest BCUT2D eigenvalue weighted by Gasteiger charge is 2.51. The largest absolute Gasteiger partial charge is 0.464 e. The summed E-state index contributed by atoms with van der Waals surface area (Å²) in [6.07, 6.45) is 5.96. The molecular formula is C25H31BrO3Si. The molecule has 2 aromatic rings. The van der Waals surface area contributed by atoms with Gasteiger partial charge in [-0.3, -0.25) is 4.79 Å². The van der Waals surface area contributed by atoms with Gasteiger partial charge in [-0.15, -0.1) is 0 Å². The number of alkyl halides is 1. The number of carbonyl (C=O) groups is 1. The Morgan fingerprint density at radius 1 is 1.00 bits per heavy atom. The Labute approximate surface area is 189 Å². The van der Waals surface area contributed by atoms with Crippen molar-refractivity contribution in [1.29, 1.82) is 0 Å². The summed E-state index contributed by atoms with van der Waals surface area (Å²) >= 11 is 3.70. The van der Waals surface area contributed by atoms with E-state index in [1.54, 1.807) is 0 Å². The summed E-state index contributed by atoms with van der Waals surface area (Å²) in [5, 5.41) is 2.46. The van der Waals surface area contributed by atoms with Crippen molar-refractivity contribution in [3.05, 3.63) is 72.8 Å². The van der Waals surface area contributed by atoms with E-state index in [0.29, 0.717) is 19.4 Å².